The minimum Gasteiger partial charge on any atom is -0.772 e. The van der Waals surface area contributed by atoms with E-state index < -0.39 is 48.8 Å². The number of ether oxygens (including phenoxy) is 1. The fraction of sp³-hybridized carbons (Fsp3) is 0.611. The number of piperidine rings is 1. The Kier molecular flexibility index (Phi) is 7.42. The number of likely N-dealkylation sites (tertiary alicyclic amines) is 1. The molecule has 1 fully saturated rings. The van der Waals surface area contributed by atoms with E-state index in [4.69, 9.17) is 9.88 Å². The van der Waals surface area contributed by atoms with E-state index in [1.54, 1.807) is 25.7 Å². The number of carbonyl (C=O) groups excluding carboxylic acids is 1. The summed E-state index contributed by atoms with van der Waals surface area (Å²) in [6.45, 7) is 6.18. The Bertz CT molecular complexity index is 877. The zero-order valence-electron chi connectivity index (χ0n) is 16.6. The van der Waals surface area contributed by atoms with Crippen LogP contribution in [0, 0.1) is 11.7 Å². The first-order valence-electron chi connectivity index (χ1n) is 9.16. The molecule has 0 bridgehead atoms. The quantitative estimate of drug-likeness (QED) is 0.687. The van der Waals surface area contributed by atoms with Crippen LogP contribution in [0.1, 0.15) is 50.8 Å². The van der Waals surface area contributed by atoms with Gasteiger partial charge in [0.2, 0.25) is 10.0 Å². The molecular weight excluding hydrogens is 423 g/mol. The standard InChI is InChI=1S/C18H27FN2O6S2/c1-18(2,3)27-17(22)21-8-6-12(7-9-21)10-16(28(23)24)14-5-4-13(11-15(14)19)29(20,25)26/h4-5,11-12,16H,6-10H2,1-3H3,(H,23,24)(H2,20,25,26)/p-1. The molecule has 0 saturated carbocycles. The first-order valence-corrected chi connectivity index (χ1v) is 11.8. The number of primary sulfonamides is 1. The molecule has 8 nitrogen and oxygen atoms in total. The summed E-state index contributed by atoms with van der Waals surface area (Å²) < 4.78 is 65.9. The molecule has 11 heteroatoms. The van der Waals surface area contributed by atoms with E-state index in [9.17, 15) is 26.4 Å². The van der Waals surface area contributed by atoms with Crippen molar-refractivity contribution >= 4 is 27.2 Å². The molecule has 2 unspecified atom stereocenters. The van der Waals surface area contributed by atoms with Gasteiger partial charge in [-0.1, -0.05) is 6.07 Å². The maximum absolute atomic E-state index is 14.4. The topological polar surface area (TPSA) is 130 Å². The molecule has 1 aliphatic heterocycles. The second-order valence-corrected chi connectivity index (χ2v) is 10.8. The van der Waals surface area contributed by atoms with Gasteiger partial charge in [0.25, 0.3) is 0 Å². The van der Waals surface area contributed by atoms with E-state index in [1.165, 1.54) is 0 Å². The maximum atomic E-state index is 14.4. The van der Waals surface area contributed by atoms with Crippen LogP contribution >= 0.6 is 0 Å². The molecule has 2 rings (SSSR count). The minimum absolute atomic E-state index is 0.0334. The van der Waals surface area contributed by atoms with Crippen molar-refractivity contribution in [2.75, 3.05) is 13.1 Å². The van der Waals surface area contributed by atoms with Crippen LogP contribution in [-0.4, -0.2) is 46.9 Å². The van der Waals surface area contributed by atoms with Gasteiger partial charge >= 0.3 is 6.09 Å². The van der Waals surface area contributed by atoms with Crippen LogP contribution in [-0.2, 0) is 25.8 Å². The second kappa shape index (κ2) is 9.07. The van der Waals surface area contributed by atoms with Gasteiger partial charge in [0.1, 0.15) is 11.4 Å². The van der Waals surface area contributed by atoms with Crippen molar-refractivity contribution in [3.63, 3.8) is 0 Å². The SMILES string of the molecule is CC(C)(C)OC(=O)N1CCC(CC(c2ccc(S(N)(=O)=O)cc2F)S(=O)[O-])CC1. The highest BCUT2D eigenvalue weighted by atomic mass is 32.2. The number of sulfonamides is 1. The van der Waals surface area contributed by atoms with E-state index >= 15 is 0 Å². The fourth-order valence-electron chi connectivity index (χ4n) is 3.24. The van der Waals surface area contributed by atoms with Crippen molar-refractivity contribution in [1.29, 1.82) is 0 Å². The van der Waals surface area contributed by atoms with Gasteiger partial charge in [-0.2, -0.15) is 0 Å². The summed E-state index contributed by atoms with van der Waals surface area (Å²) in [6, 6.07) is 2.97. The summed E-state index contributed by atoms with van der Waals surface area (Å²) in [5, 5.41) is 3.86. The van der Waals surface area contributed by atoms with E-state index in [2.05, 4.69) is 0 Å². The molecule has 1 aromatic carbocycles. The number of rotatable bonds is 5. The molecule has 0 radical (unpaired) electrons. The van der Waals surface area contributed by atoms with Gasteiger partial charge in [-0.15, -0.1) is 0 Å². The molecule has 1 heterocycles. The molecule has 2 atom stereocenters. The number of benzene rings is 1. The highest BCUT2D eigenvalue weighted by Gasteiger charge is 2.29. The third kappa shape index (κ3) is 6.73. The van der Waals surface area contributed by atoms with Crippen LogP contribution in [0.4, 0.5) is 9.18 Å². The number of nitrogens with zero attached hydrogens (tertiary/aromatic N) is 1. The summed E-state index contributed by atoms with van der Waals surface area (Å²) in [5.74, 6) is -0.967. The zero-order chi connectivity index (χ0) is 22.0. The molecule has 1 aliphatic rings. The van der Waals surface area contributed by atoms with Gasteiger partial charge in [0.15, 0.2) is 0 Å². The van der Waals surface area contributed by atoms with Gasteiger partial charge in [-0.3, -0.25) is 4.21 Å². The van der Waals surface area contributed by atoms with E-state index in [-0.39, 0.29) is 17.9 Å². The molecular formula is C18H26FN2O6S2-. The van der Waals surface area contributed by atoms with Crippen molar-refractivity contribution < 1.29 is 31.1 Å². The van der Waals surface area contributed by atoms with Crippen molar-refractivity contribution in [2.45, 2.75) is 55.8 Å². The second-order valence-electron chi connectivity index (χ2n) is 8.12. The molecule has 1 amide bonds. The zero-order valence-corrected chi connectivity index (χ0v) is 18.2. The number of amides is 1. The fourth-order valence-corrected chi connectivity index (χ4v) is 4.59. The molecule has 29 heavy (non-hydrogen) atoms. The molecule has 0 aromatic heterocycles. The van der Waals surface area contributed by atoms with Crippen LogP contribution in [0.2, 0.25) is 0 Å². The van der Waals surface area contributed by atoms with Crippen molar-refractivity contribution in [2.24, 2.45) is 11.1 Å². The number of halogens is 1. The third-order valence-corrected chi connectivity index (χ3v) is 6.52. The number of hydrogen-bond acceptors (Lipinski definition) is 6. The first-order chi connectivity index (χ1) is 13.3. The molecule has 2 N–H and O–H groups in total. The Morgan fingerprint density at radius 2 is 1.97 bits per heavy atom. The average molecular weight is 450 g/mol. The van der Waals surface area contributed by atoms with E-state index in [0.29, 0.717) is 25.9 Å². The predicted molar refractivity (Wildman–Crippen MR) is 105 cm³/mol. The van der Waals surface area contributed by atoms with Crippen molar-refractivity contribution in [1.82, 2.24) is 4.90 Å². The van der Waals surface area contributed by atoms with Gasteiger partial charge in [-0.25, -0.2) is 22.7 Å². The largest absolute Gasteiger partial charge is 0.772 e. The highest BCUT2D eigenvalue weighted by molar-refractivity contribution is 7.89. The summed E-state index contributed by atoms with van der Waals surface area (Å²) in [6.07, 6.45) is 0.877. The molecule has 164 valence electrons. The predicted octanol–water partition coefficient (Wildman–Crippen LogP) is 2.43. The molecule has 1 saturated heterocycles. The third-order valence-electron chi connectivity index (χ3n) is 4.69. The lowest BCUT2D eigenvalue weighted by molar-refractivity contribution is 0.0180. The summed E-state index contributed by atoms with van der Waals surface area (Å²) >= 11 is -2.60. The average Bonchev–Trinajstić information content (AvgIpc) is 2.58. The van der Waals surface area contributed by atoms with Crippen molar-refractivity contribution in [3.05, 3.63) is 29.6 Å². The normalized spacial score (nSPS) is 18.3. The molecule has 0 aliphatic carbocycles. The Morgan fingerprint density at radius 3 is 2.41 bits per heavy atom. The lowest BCUT2D eigenvalue weighted by atomic mass is 9.90. The Morgan fingerprint density at radius 1 is 1.38 bits per heavy atom. The maximum Gasteiger partial charge on any atom is 0.410 e. The monoisotopic (exact) mass is 449 g/mol. The van der Waals surface area contributed by atoms with Crippen LogP contribution in [0.15, 0.2) is 23.1 Å². The van der Waals surface area contributed by atoms with Gasteiger partial charge in [-0.05, 0) is 69.2 Å². The Labute approximate surface area is 172 Å². The van der Waals surface area contributed by atoms with Gasteiger partial charge in [0.05, 0.1) is 4.90 Å². The Balaban J connectivity index is 2.06. The highest BCUT2D eigenvalue weighted by Crippen LogP contribution is 2.34. The number of nitrogens with two attached hydrogens (primary N) is 1. The molecule has 1 aromatic rings. The van der Waals surface area contributed by atoms with Crippen LogP contribution in [0.5, 0.6) is 0 Å². The molecule has 0 spiro atoms. The lowest BCUT2D eigenvalue weighted by Gasteiger charge is -2.35. The van der Waals surface area contributed by atoms with Gasteiger partial charge < -0.3 is 14.2 Å². The van der Waals surface area contributed by atoms with E-state index in [0.717, 1.165) is 18.2 Å². The number of carbonyl (C=O) groups is 1. The summed E-state index contributed by atoms with van der Waals surface area (Å²) in [5.41, 5.74) is -0.695. The van der Waals surface area contributed by atoms with Crippen molar-refractivity contribution in [3.8, 4) is 0 Å². The summed E-state index contributed by atoms with van der Waals surface area (Å²) in [7, 11) is -4.09. The Hall–Kier alpha value is -1.56. The number of hydrogen-bond donors (Lipinski definition) is 1. The van der Waals surface area contributed by atoms with Crippen LogP contribution < -0.4 is 5.14 Å². The smallest absolute Gasteiger partial charge is 0.410 e. The van der Waals surface area contributed by atoms with Crippen LogP contribution in [0.25, 0.3) is 0 Å². The minimum atomic E-state index is -4.09. The summed E-state index contributed by atoms with van der Waals surface area (Å²) in [4.78, 5) is 13.3. The lowest BCUT2D eigenvalue weighted by Crippen LogP contribution is -2.42. The first kappa shape index (κ1) is 23.7. The van der Waals surface area contributed by atoms with Gasteiger partial charge in [0, 0.05) is 23.9 Å². The van der Waals surface area contributed by atoms with E-state index in [1.807, 2.05) is 0 Å². The van der Waals surface area contributed by atoms with Crippen LogP contribution in [0.3, 0.4) is 0 Å².